The molecular weight excluding hydrogens is 252 g/mol. The molecule has 1 aromatic heterocycles. The van der Waals surface area contributed by atoms with Gasteiger partial charge in [-0.25, -0.2) is 4.98 Å². The maximum absolute atomic E-state index is 11.5. The summed E-state index contributed by atoms with van der Waals surface area (Å²) in [6.07, 6.45) is 1.40. The lowest BCUT2D eigenvalue weighted by molar-refractivity contribution is -0.144. The molecule has 0 aliphatic heterocycles. The second-order valence-electron chi connectivity index (χ2n) is 3.78. The van der Waals surface area contributed by atoms with Gasteiger partial charge >= 0.3 is 5.97 Å². The number of anilines is 1. The number of methoxy groups -OCH3 is 1. The number of hydrogen-bond donors (Lipinski definition) is 2. The SMILES string of the molecule is COCCOc1ccc(NC(=O)C(C)C(=O)O)cn1. The Morgan fingerprint density at radius 2 is 2.16 bits per heavy atom. The standard InChI is InChI=1S/C12H16N2O5/c1-8(12(16)17)11(15)14-9-3-4-10(13-7-9)19-6-5-18-2/h3-4,7-8H,5-6H2,1-2H3,(H,14,15)(H,16,17). The van der Waals surface area contributed by atoms with Crippen LogP contribution < -0.4 is 10.1 Å². The minimum atomic E-state index is -1.18. The molecule has 104 valence electrons. The molecule has 1 rings (SSSR count). The lowest BCUT2D eigenvalue weighted by atomic mass is 10.1. The van der Waals surface area contributed by atoms with Gasteiger partial charge < -0.3 is 19.9 Å². The van der Waals surface area contributed by atoms with Crippen molar-refractivity contribution in [2.75, 3.05) is 25.6 Å². The van der Waals surface area contributed by atoms with Gasteiger partial charge in [-0.05, 0) is 13.0 Å². The number of carboxylic acids is 1. The molecule has 0 spiro atoms. The van der Waals surface area contributed by atoms with Crippen LogP contribution in [0.4, 0.5) is 5.69 Å². The van der Waals surface area contributed by atoms with Crippen LogP contribution in [0.15, 0.2) is 18.3 Å². The highest BCUT2D eigenvalue weighted by Crippen LogP contribution is 2.12. The number of carbonyl (C=O) groups excluding carboxylic acids is 1. The number of hydrogen-bond acceptors (Lipinski definition) is 5. The van der Waals surface area contributed by atoms with E-state index in [4.69, 9.17) is 14.6 Å². The average molecular weight is 268 g/mol. The Balaban J connectivity index is 2.52. The predicted molar refractivity (Wildman–Crippen MR) is 67.0 cm³/mol. The molecule has 1 aromatic rings. The summed E-state index contributed by atoms with van der Waals surface area (Å²) in [6.45, 7) is 2.15. The second kappa shape index (κ2) is 7.32. The molecule has 0 aromatic carbocycles. The number of nitrogens with zero attached hydrogens (tertiary/aromatic N) is 1. The van der Waals surface area contributed by atoms with Crippen molar-refractivity contribution in [1.82, 2.24) is 4.98 Å². The fraction of sp³-hybridized carbons (Fsp3) is 0.417. The third kappa shape index (κ3) is 4.92. The van der Waals surface area contributed by atoms with Gasteiger partial charge in [-0.1, -0.05) is 0 Å². The summed E-state index contributed by atoms with van der Waals surface area (Å²) in [5.41, 5.74) is 0.414. The summed E-state index contributed by atoms with van der Waals surface area (Å²) < 4.78 is 10.1. The van der Waals surface area contributed by atoms with Crippen LogP contribution in [-0.2, 0) is 14.3 Å². The van der Waals surface area contributed by atoms with Crippen molar-refractivity contribution in [3.63, 3.8) is 0 Å². The number of carbonyl (C=O) groups is 2. The van der Waals surface area contributed by atoms with Crippen molar-refractivity contribution in [1.29, 1.82) is 0 Å². The van der Waals surface area contributed by atoms with E-state index in [0.29, 0.717) is 24.8 Å². The van der Waals surface area contributed by atoms with Crippen LogP contribution in [0.2, 0.25) is 0 Å². The van der Waals surface area contributed by atoms with Crippen molar-refractivity contribution >= 4 is 17.6 Å². The predicted octanol–water partition coefficient (Wildman–Crippen LogP) is 0.766. The number of aromatic nitrogens is 1. The Morgan fingerprint density at radius 1 is 1.42 bits per heavy atom. The van der Waals surface area contributed by atoms with Crippen LogP contribution in [-0.4, -0.2) is 42.3 Å². The minimum Gasteiger partial charge on any atom is -0.481 e. The first kappa shape index (κ1) is 14.9. The van der Waals surface area contributed by atoms with Crippen molar-refractivity contribution in [3.05, 3.63) is 18.3 Å². The lowest BCUT2D eigenvalue weighted by Crippen LogP contribution is -2.26. The van der Waals surface area contributed by atoms with Crippen molar-refractivity contribution in [2.45, 2.75) is 6.92 Å². The zero-order chi connectivity index (χ0) is 14.3. The van der Waals surface area contributed by atoms with Crippen LogP contribution in [0.1, 0.15) is 6.92 Å². The van der Waals surface area contributed by atoms with Gasteiger partial charge in [0, 0.05) is 13.2 Å². The topological polar surface area (TPSA) is 97.8 Å². The molecule has 7 nitrogen and oxygen atoms in total. The first-order valence-electron chi connectivity index (χ1n) is 5.66. The molecule has 0 saturated heterocycles. The Hall–Kier alpha value is -2.15. The molecule has 1 unspecified atom stereocenters. The number of amides is 1. The third-order valence-electron chi connectivity index (χ3n) is 2.30. The quantitative estimate of drug-likeness (QED) is 0.560. The zero-order valence-corrected chi connectivity index (χ0v) is 10.8. The van der Waals surface area contributed by atoms with E-state index in [1.807, 2.05) is 0 Å². The molecule has 1 amide bonds. The molecule has 0 aliphatic carbocycles. The number of aliphatic carboxylic acids is 1. The smallest absolute Gasteiger partial charge is 0.315 e. The largest absolute Gasteiger partial charge is 0.481 e. The van der Waals surface area contributed by atoms with E-state index in [0.717, 1.165) is 0 Å². The monoisotopic (exact) mass is 268 g/mol. The average Bonchev–Trinajstić information content (AvgIpc) is 2.40. The molecular formula is C12H16N2O5. The molecule has 19 heavy (non-hydrogen) atoms. The van der Waals surface area contributed by atoms with E-state index in [-0.39, 0.29) is 0 Å². The lowest BCUT2D eigenvalue weighted by Gasteiger charge is -2.09. The molecule has 0 saturated carbocycles. The summed E-state index contributed by atoms with van der Waals surface area (Å²) in [5, 5.41) is 11.1. The Morgan fingerprint density at radius 3 is 2.68 bits per heavy atom. The number of ether oxygens (including phenoxy) is 2. The Kier molecular flexibility index (Phi) is 5.74. The molecule has 0 radical (unpaired) electrons. The summed E-state index contributed by atoms with van der Waals surface area (Å²) in [4.78, 5) is 26.1. The maximum Gasteiger partial charge on any atom is 0.315 e. The van der Waals surface area contributed by atoms with E-state index >= 15 is 0 Å². The molecule has 0 aliphatic rings. The first-order chi connectivity index (χ1) is 9.04. The number of carboxylic acid groups (broad SMARTS) is 1. The van der Waals surface area contributed by atoms with Crippen LogP contribution >= 0.6 is 0 Å². The fourth-order valence-electron chi connectivity index (χ4n) is 1.13. The number of rotatable bonds is 7. The van der Waals surface area contributed by atoms with Gasteiger partial charge in [0.1, 0.15) is 12.5 Å². The summed E-state index contributed by atoms with van der Waals surface area (Å²) in [7, 11) is 1.57. The van der Waals surface area contributed by atoms with Crippen molar-refractivity contribution < 1.29 is 24.2 Å². The summed E-state index contributed by atoms with van der Waals surface area (Å²) in [6, 6.07) is 3.16. The van der Waals surface area contributed by atoms with E-state index in [1.165, 1.54) is 13.1 Å². The van der Waals surface area contributed by atoms with Gasteiger partial charge in [0.15, 0.2) is 0 Å². The molecule has 0 fully saturated rings. The second-order valence-corrected chi connectivity index (χ2v) is 3.78. The van der Waals surface area contributed by atoms with Gasteiger partial charge in [-0.3, -0.25) is 9.59 Å². The highest BCUT2D eigenvalue weighted by molar-refractivity contribution is 6.03. The molecule has 7 heteroatoms. The Labute approximate surface area is 110 Å². The molecule has 2 N–H and O–H groups in total. The van der Waals surface area contributed by atoms with Gasteiger partial charge in [0.05, 0.1) is 18.5 Å². The van der Waals surface area contributed by atoms with Crippen molar-refractivity contribution in [2.24, 2.45) is 5.92 Å². The van der Waals surface area contributed by atoms with Crippen LogP contribution in [0.3, 0.4) is 0 Å². The zero-order valence-electron chi connectivity index (χ0n) is 10.8. The number of pyridine rings is 1. The minimum absolute atomic E-state index is 0.380. The fourth-order valence-corrected chi connectivity index (χ4v) is 1.13. The normalized spacial score (nSPS) is 11.7. The molecule has 1 heterocycles. The van der Waals surface area contributed by atoms with Gasteiger partial charge in [0.25, 0.3) is 0 Å². The highest BCUT2D eigenvalue weighted by atomic mass is 16.5. The van der Waals surface area contributed by atoms with E-state index in [1.54, 1.807) is 19.2 Å². The first-order valence-corrected chi connectivity index (χ1v) is 5.66. The third-order valence-corrected chi connectivity index (χ3v) is 2.30. The van der Waals surface area contributed by atoms with E-state index in [9.17, 15) is 9.59 Å². The molecule has 1 atom stereocenters. The number of nitrogens with one attached hydrogen (secondary N) is 1. The van der Waals surface area contributed by atoms with Crippen LogP contribution in [0.25, 0.3) is 0 Å². The van der Waals surface area contributed by atoms with Gasteiger partial charge in [-0.2, -0.15) is 0 Å². The summed E-state index contributed by atoms with van der Waals surface area (Å²) in [5.74, 6) is -2.48. The molecule has 0 bridgehead atoms. The van der Waals surface area contributed by atoms with E-state index in [2.05, 4.69) is 10.3 Å². The van der Waals surface area contributed by atoms with Crippen LogP contribution in [0, 0.1) is 5.92 Å². The van der Waals surface area contributed by atoms with Gasteiger partial charge in [0.2, 0.25) is 11.8 Å². The highest BCUT2D eigenvalue weighted by Gasteiger charge is 2.20. The maximum atomic E-state index is 11.5. The van der Waals surface area contributed by atoms with Gasteiger partial charge in [-0.15, -0.1) is 0 Å². The van der Waals surface area contributed by atoms with Crippen molar-refractivity contribution in [3.8, 4) is 5.88 Å². The Bertz CT molecular complexity index is 432. The van der Waals surface area contributed by atoms with Crippen LogP contribution in [0.5, 0.6) is 5.88 Å². The van der Waals surface area contributed by atoms with E-state index < -0.39 is 17.8 Å². The summed E-state index contributed by atoms with van der Waals surface area (Å²) >= 11 is 0.